The standard InChI is InChI=1S/C16H25NO5S2/c1-3-22-10-4-9-17-15-11-23(18,19)12-16(15)24(20,21)14-7-5-13(2)6-8-14/h5-8,15-17H,3-4,9-12H2,1-2H3. The summed E-state index contributed by atoms with van der Waals surface area (Å²) in [5.41, 5.74) is 0.957. The Labute approximate surface area is 144 Å². The quantitative estimate of drug-likeness (QED) is 0.681. The van der Waals surface area contributed by atoms with E-state index in [1.807, 2.05) is 13.8 Å². The molecule has 6 nitrogen and oxygen atoms in total. The van der Waals surface area contributed by atoms with Crippen molar-refractivity contribution in [2.24, 2.45) is 0 Å². The minimum Gasteiger partial charge on any atom is -0.382 e. The Balaban J connectivity index is 2.13. The lowest BCUT2D eigenvalue weighted by molar-refractivity contribution is 0.144. The Morgan fingerprint density at radius 2 is 1.88 bits per heavy atom. The summed E-state index contributed by atoms with van der Waals surface area (Å²) in [5.74, 6) is -0.469. The van der Waals surface area contributed by atoms with Crippen molar-refractivity contribution in [3.05, 3.63) is 29.8 Å². The van der Waals surface area contributed by atoms with Crippen LogP contribution in [-0.2, 0) is 24.4 Å². The van der Waals surface area contributed by atoms with Gasteiger partial charge in [-0.2, -0.15) is 0 Å². The first-order valence-electron chi connectivity index (χ1n) is 8.08. The molecule has 0 radical (unpaired) electrons. The molecule has 24 heavy (non-hydrogen) atoms. The molecular formula is C16H25NO5S2. The highest BCUT2D eigenvalue weighted by Crippen LogP contribution is 2.26. The van der Waals surface area contributed by atoms with Gasteiger partial charge < -0.3 is 10.1 Å². The highest BCUT2D eigenvalue weighted by atomic mass is 32.2. The molecule has 0 amide bonds. The van der Waals surface area contributed by atoms with Crippen molar-refractivity contribution in [3.63, 3.8) is 0 Å². The van der Waals surface area contributed by atoms with Crippen LogP contribution in [0.4, 0.5) is 0 Å². The van der Waals surface area contributed by atoms with Crippen LogP contribution in [0, 0.1) is 6.92 Å². The van der Waals surface area contributed by atoms with Gasteiger partial charge in [0.15, 0.2) is 19.7 Å². The van der Waals surface area contributed by atoms with Gasteiger partial charge in [0.2, 0.25) is 0 Å². The Bertz CT molecular complexity index is 741. The molecule has 0 bridgehead atoms. The van der Waals surface area contributed by atoms with Crippen LogP contribution >= 0.6 is 0 Å². The van der Waals surface area contributed by atoms with Gasteiger partial charge in [0, 0.05) is 19.3 Å². The first kappa shape index (κ1) is 19.4. The van der Waals surface area contributed by atoms with E-state index in [0.717, 1.165) is 5.56 Å². The molecule has 1 heterocycles. The van der Waals surface area contributed by atoms with E-state index in [4.69, 9.17) is 4.74 Å². The van der Waals surface area contributed by atoms with Crippen molar-refractivity contribution in [2.75, 3.05) is 31.3 Å². The van der Waals surface area contributed by atoms with E-state index >= 15 is 0 Å². The monoisotopic (exact) mass is 375 g/mol. The third-order valence-electron chi connectivity index (χ3n) is 4.12. The zero-order chi connectivity index (χ0) is 17.8. The fraction of sp³-hybridized carbons (Fsp3) is 0.625. The normalized spacial score (nSPS) is 23.4. The lowest BCUT2D eigenvalue weighted by Crippen LogP contribution is -2.43. The molecule has 1 aromatic rings. The highest BCUT2D eigenvalue weighted by molar-refractivity contribution is 7.96. The smallest absolute Gasteiger partial charge is 0.183 e. The van der Waals surface area contributed by atoms with Crippen LogP contribution in [0.15, 0.2) is 29.2 Å². The zero-order valence-electron chi connectivity index (χ0n) is 14.1. The van der Waals surface area contributed by atoms with E-state index in [9.17, 15) is 16.8 Å². The fourth-order valence-electron chi connectivity index (χ4n) is 2.82. The SMILES string of the molecule is CCOCCCNC1CS(=O)(=O)CC1S(=O)(=O)c1ccc(C)cc1. The molecule has 1 saturated heterocycles. The lowest BCUT2D eigenvalue weighted by atomic mass is 10.2. The third kappa shape index (κ3) is 4.78. The van der Waals surface area contributed by atoms with Crippen molar-refractivity contribution < 1.29 is 21.6 Å². The van der Waals surface area contributed by atoms with Crippen molar-refractivity contribution in [1.82, 2.24) is 5.32 Å². The fourth-order valence-corrected chi connectivity index (χ4v) is 7.54. The first-order valence-corrected chi connectivity index (χ1v) is 11.4. The predicted molar refractivity (Wildman–Crippen MR) is 93.7 cm³/mol. The zero-order valence-corrected chi connectivity index (χ0v) is 15.7. The van der Waals surface area contributed by atoms with Crippen LogP contribution < -0.4 is 5.32 Å². The minimum absolute atomic E-state index is 0.141. The van der Waals surface area contributed by atoms with Gasteiger partial charge in [-0.3, -0.25) is 0 Å². The maximum absolute atomic E-state index is 12.8. The maximum atomic E-state index is 12.8. The van der Waals surface area contributed by atoms with Gasteiger partial charge in [-0.1, -0.05) is 17.7 Å². The number of hydrogen-bond acceptors (Lipinski definition) is 6. The number of sulfone groups is 2. The molecule has 8 heteroatoms. The Hall–Kier alpha value is -0.960. The predicted octanol–water partition coefficient (Wildman–Crippen LogP) is 0.951. The molecule has 0 aromatic heterocycles. The van der Waals surface area contributed by atoms with Gasteiger partial charge in [-0.15, -0.1) is 0 Å². The van der Waals surface area contributed by atoms with Gasteiger partial charge in [-0.05, 0) is 38.9 Å². The summed E-state index contributed by atoms with van der Waals surface area (Å²) in [4.78, 5) is 0.177. The number of ether oxygens (including phenoxy) is 1. The topological polar surface area (TPSA) is 89.5 Å². The molecule has 1 aliphatic rings. The van der Waals surface area contributed by atoms with Crippen LogP contribution in [0.25, 0.3) is 0 Å². The summed E-state index contributed by atoms with van der Waals surface area (Å²) in [6.07, 6.45) is 0.710. The van der Waals surface area contributed by atoms with E-state index in [1.54, 1.807) is 24.3 Å². The molecule has 1 N–H and O–H groups in total. The highest BCUT2D eigenvalue weighted by Gasteiger charge is 2.45. The molecule has 1 aromatic carbocycles. The number of hydrogen-bond donors (Lipinski definition) is 1. The van der Waals surface area contributed by atoms with Gasteiger partial charge in [-0.25, -0.2) is 16.8 Å². The second-order valence-electron chi connectivity index (χ2n) is 6.08. The summed E-state index contributed by atoms with van der Waals surface area (Å²) in [7, 11) is -7.06. The van der Waals surface area contributed by atoms with Gasteiger partial charge in [0.25, 0.3) is 0 Å². The summed E-state index contributed by atoms with van der Waals surface area (Å²) < 4.78 is 54.9. The summed E-state index contributed by atoms with van der Waals surface area (Å²) in [5, 5.41) is 2.15. The van der Waals surface area contributed by atoms with Crippen molar-refractivity contribution in [3.8, 4) is 0 Å². The minimum atomic E-state index is -3.70. The maximum Gasteiger partial charge on any atom is 0.183 e. The van der Waals surface area contributed by atoms with Gasteiger partial charge in [0.05, 0.1) is 21.7 Å². The van der Waals surface area contributed by atoms with E-state index < -0.39 is 31.0 Å². The Morgan fingerprint density at radius 1 is 1.21 bits per heavy atom. The Morgan fingerprint density at radius 3 is 2.50 bits per heavy atom. The molecule has 1 fully saturated rings. The second-order valence-corrected chi connectivity index (χ2v) is 10.4. The Kier molecular flexibility index (Phi) is 6.41. The van der Waals surface area contributed by atoms with E-state index in [0.29, 0.717) is 26.2 Å². The van der Waals surface area contributed by atoms with Crippen LogP contribution in [0.3, 0.4) is 0 Å². The lowest BCUT2D eigenvalue weighted by Gasteiger charge is -2.20. The molecule has 2 atom stereocenters. The first-order chi connectivity index (χ1) is 11.3. The molecule has 2 unspecified atom stereocenters. The molecule has 136 valence electrons. The summed E-state index contributed by atoms with van der Waals surface area (Å²) in [6, 6.07) is 5.95. The largest absolute Gasteiger partial charge is 0.382 e. The van der Waals surface area contributed by atoms with Crippen LogP contribution in [0.1, 0.15) is 18.9 Å². The van der Waals surface area contributed by atoms with Crippen LogP contribution in [-0.4, -0.2) is 59.4 Å². The average molecular weight is 376 g/mol. The van der Waals surface area contributed by atoms with E-state index in [1.165, 1.54) is 0 Å². The van der Waals surface area contributed by atoms with Crippen LogP contribution in [0.5, 0.6) is 0 Å². The van der Waals surface area contributed by atoms with Crippen molar-refractivity contribution >= 4 is 19.7 Å². The van der Waals surface area contributed by atoms with E-state index in [2.05, 4.69) is 5.32 Å². The summed E-state index contributed by atoms with van der Waals surface area (Å²) in [6.45, 7) is 5.50. The van der Waals surface area contributed by atoms with Crippen LogP contribution in [0.2, 0.25) is 0 Å². The van der Waals surface area contributed by atoms with Crippen molar-refractivity contribution in [1.29, 1.82) is 0 Å². The molecule has 0 saturated carbocycles. The molecule has 0 aliphatic carbocycles. The third-order valence-corrected chi connectivity index (χ3v) is 8.29. The number of aryl methyl sites for hydroxylation is 1. The molecule has 1 aliphatic heterocycles. The van der Waals surface area contributed by atoms with E-state index in [-0.39, 0.29) is 16.4 Å². The molecule has 0 spiro atoms. The van der Waals surface area contributed by atoms with Crippen molar-refractivity contribution in [2.45, 2.75) is 36.5 Å². The second kappa shape index (κ2) is 7.95. The molecular weight excluding hydrogens is 350 g/mol. The number of rotatable bonds is 8. The number of benzene rings is 1. The molecule has 2 rings (SSSR count). The van der Waals surface area contributed by atoms with Gasteiger partial charge in [0.1, 0.15) is 0 Å². The summed E-state index contributed by atoms with van der Waals surface area (Å²) >= 11 is 0. The average Bonchev–Trinajstić information content (AvgIpc) is 2.83. The van der Waals surface area contributed by atoms with Gasteiger partial charge >= 0.3 is 0 Å². The number of nitrogens with one attached hydrogen (secondary N) is 1.